The van der Waals surface area contributed by atoms with E-state index in [-0.39, 0.29) is 6.61 Å². The van der Waals surface area contributed by atoms with Crippen LogP contribution in [-0.2, 0) is 29.2 Å². The van der Waals surface area contributed by atoms with Crippen molar-refractivity contribution in [1.82, 2.24) is 15.0 Å². The van der Waals surface area contributed by atoms with Gasteiger partial charge in [-0.05, 0) is 5.92 Å². The first-order valence-corrected chi connectivity index (χ1v) is 5.22. The Bertz CT molecular complexity index is 314. The number of ether oxygens (including phenoxy) is 2. The summed E-state index contributed by atoms with van der Waals surface area (Å²) >= 11 is 0. The topological polar surface area (TPSA) is 69.4 Å². The maximum atomic E-state index is 9.10. The van der Waals surface area contributed by atoms with Crippen LogP contribution in [0, 0.1) is 5.92 Å². The SMILES string of the molecule is COCc1c(CO)nnn1CC(C)COC. The molecular formula is C10H19N3O3. The lowest BCUT2D eigenvalue weighted by molar-refractivity contribution is 0.142. The highest BCUT2D eigenvalue weighted by Gasteiger charge is 2.13. The van der Waals surface area contributed by atoms with Crippen molar-refractivity contribution in [2.45, 2.75) is 26.7 Å². The molecule has 1 atom stereocenters. The van der Waals surface area contributed by atoms with Crippen LogP contribution in [0.2, 0.25) is 0 Å². The van der Waals surface area contributed by atoms with Gasteiger partial charge in [0, 0.05) is 20.8 Å². The van der Waals surface area contributed by atoms with Crippen molar-refractivity contribution in [2.24, 2.45) is 5.92 Å². The van der Waals surface area contributed by atoms with Crippen molar-refractivity contribution in [3.8, 4) is 0 Å². The third kappa shape index (κ3) is 3.26. The number of methoxy groups -OCH3 is 2. The second-order valence-electron chi connectivity index (χ2n) is 3.82. The molecule has 1 rings (SSSR count). The summed E-state index contributed by atoms with van der Waals surface area (Å²) in [7, 11) is 3.28. The van der Waals surface area contributed by atoms with Crippen LogP contribution in [0.5, 0.6) is 0 Å². The Kier molecular flexibility index (Phi) is 5.37. The monoisotopic (exact) mass is 229 g/mol. The molecule has 0 saturated carbocycles. The fourth-order valence-corrected chi connectivity index (χ4v) is 1.57. The van der Waals surface area contributed by atoms with Crippen molar-refractivity contribution in [1.29, 1.82) is 0 Å². The molecule has 0 radical (unpaired) electrons. The van der Waals surface area contributed by atoms with Crippen LogP contribution in [0.3, 0.4) is 0 Å². The van der Waals surface area contributed by atoms with E-state index in [2.05, 4.69) is 17.2 Å². The van der Waals surface area contributed by atoms with Gasteiger partial charge in [-0.15, -0.1) is 5.10 Å². The Morgan fingerprint density at radius 1 is 1.38 bits per heavy atom. The summed E-state index contributed by atoms with van der Waals surface area (Å²) in [6.45, 7) is 3.74. The second-order valence-corrected chi connectivity index (χ2v) is 3.82. The molecule has 1 aromatic rings. The summed E-state index contributed by atoms with van der Waals surface area (Å²) in [5, 5.41) is 17.0. The van der Waals surface area contributed by atoms with Gasteiger partial charge in [0.15, 0.2) is 0 Å². The molecule has 0 bridgehead atoms. The lowest BCUT2D eigenvalue weighted by Crippen LogP contribution is -2.16. The van der Waals surface area contributed by atoms with Gasteiger partial charge in [0.05, 0.1) is 25.5 Å². The van der Waals surface area contributed by atoms with Crippen LogP contribution in [0.25, 0.3) is 0 Å². The molecule has 1 unspecified atom stereocenters. The maximum absolute atomic E-state index is 9.10. The quantitative estimate of drug-likeness (QED) is 0.723. The summed E-state index contributed by atoms with van der Waals surface area (Å²) in [5.41, 5.74) is 1.40. The summed E-state index contributed by atoms with van der Waals surface area (Å²) in [5.74, 6) is 0.342. The third-order valence-electron chi connectivity index (χ3n) is 2.28. The van der Waals surface area contributed by atoms with Crippen molar-refractivity contribution in [2.75, 3.05) is 20.8 Å². The first-order valence-electron chi connectivity index (χ1n) is 5.22. The summed E-state index contributed by atoms with van der Waals surface area (Å²) in [6.07, 6.45) is 0. The van der Waals surface area contributed by atoms with Crippen LogP contribution in [0.15, 0.2) is 0 Å². The number of nitrogens with zero attached hydrogens (tertiary/aromatic N) is 3. The lowest BCUT2D eigenvalue weighted by Gasteiger charge is -2.12. The molecule has 0 aliphatic rings. The number of hydrogen-bond donors (Lipinski definition) is 1. The molecule has 16 heavy (non-hydrogen) atoms. The van der Waals surface area contributed by atoms with Gasteiger partial charge in [-0.25, -0.2) is 4.68 Å². The van der Waals surface area contributed by atoms with E-state index in [0.29, 0.717) is 31.4 Å². The van der Waals surface area contributed by atoms with Gasteiger partial charge in [-0.3, -0.25) is 0 Å². The van der Waals surface area contributed by atoms with E-state index in [1.54, 1.807) is 18.9 Å². The molecule has 92 valence electrons. The van der Waals surface area contributed by atoms with Crippen molar-refractivity contribution >= 4 is 0 Å². The van der Waals surface area contributed by atoms with E-state index in [1.165, 1.54) is 0 Å². The van der Waals surface area contributed by atoms with Crippen LogP contribution < -0.4 is 0 Å². The van der Waals surface area contributed by atoms with E-state index in [9.17, 15) is 0 Å². The lowest BCUT2D eigenvalue weighted by atomic mass is 10.2. The molecular weight excluding hydrogens is 210 g/mol. The van der Waals surface area contributed by atoms with Crippen LogP contribution in [0.4, 0.5) is 0 Å². The molecule has 0 spiro atoms. The summed E-state index contributed by atoms with van der Waals surface area (Å²) in [4.78, 5) is 0. The zero-order chi connectivity index (χ0) is 12.0. The fourth-order valence-electron chi connectivity index (χ4n) is 1.57. The minimum Gasteiger partial charge on any atom is -0.390 e. The van der Waals surface area contributed by atoms with Gasteiger partial charge in [0.2, 0.25) is 0 Å². The Hall–Kier alpha value is -0.980. The third-order valence-corrected chi connectivity index (χ3v) is 2.28. The second kappa shape index (κ2) is 6.57. The van der Waals surface area contributed by atoms with Gasteiger partial charge in [-0.1, -0.05) is 12.1 Å². The molecule has 0 saturated heterocycles. The van der Waals surface area contributed by atoms with E-state index in [1.807, 2.05) is 0 Å². The van der Waals surface area contributed by atoms with Gasteiger partial charge >= 0.3 is 0 Å². The number of hydrogen-bond acceptors (Lipinski definition) is 5. The van der Waals surface area contributed by atoms with E-state index >= 15 is 0 Å². The average Bonchev–Trinajstić information content (AvgIpc) is 2.62. The first-order chi connectivity index (χ1) is 7.72. The number of aromatic nitrogens is 3. The molecule has 0 aromatic carbocycles. The van der Waals surface area contributed by atoms with Gasteiger partial charge < -0.3 is 14.6 Å². The zero-order valence-corrected chi connectivity index (χ0v) is 10.0. The number of rotatable bonds is 7. The fraction of sp³-hybridized carbons (Fsp3) is 0.800. The predicted molar refractivity (Wildman–Crippen MR) is 57.7 cm³/mol. The van der Waals surface area contributed by atoms with Gasteiger partial charge in [-0.2, -0.15) is 0 Å². The molecule has 1 aromatic heterocycles. The Labute approximate surface area is 95.2 Å². The van der Waals surface area contributed by atoms with Crippen molar-refractivity contribution in [3.63, 3.8) is 0 Å². The number of aliphatic hydroxyl groups excluding tert-OH is 1. The minimum absolute atomic E-state index is 0.114. The highest BCUT2D eigenvalue weighted by Crippen LogP contribution is 2.10. The van der Waals surface area contributed by atoms with Crippen LogP contribution >= 0.6 is 0 Å². The minimum atomic E-state index is -0.114. The molecule has 0 aliphatic carbocycles. The van der Waals surface area contributed by atoms with E-state index < -0.39 is 0 Å². The van der Waals surface area contributed by atoms with Gasteiger partial charge in [0.25, 0.3) is 0 Å². The predicted octanol–water partition coefficient (Wildman–Crippen LogP) is 0.199. The first kappa shape index (κ1) is 13.1. The van der Waals surface area contributed by atoms with Gasteiger partial charge in [0.1, 0.15) is 5.69 Å². The maximum Gasteiger partial charge on any atom is 0.114 e. The highest BCUT2D eigenvalue weighted by molar-refractivity contribution is 5.07. The van der Waals surface area contributed by atoms with Crippen LogP contribution in [0.1, 0.15) is 18.3 Å². The highest BCUT2D eigenvalue weighted by atomic mass is 16.5. The molecule has 0 aliphatic heterocycles. The smallest absolute Gasteiger partial charge is 0.114 e. The molecule has 6 heteroatoms. The average molecular weight is 229 g/mol. The molecule has 6 nitrogen and oxygen atoms in total. The van der Waals surface area contributed by atoms with Crippen molar-refractivity contribution < 1.29 is 14.6 Å². The van der Waals surface area contributed by atoms with Crippen LogP contribution in [-0.4, -0.2) is 40.9 Å². The molecule has 0 fully saturated rings. The Morgan fingerprint density at radius 3 is 2.69 bits per heavy atom. The molecule has 0 amide bonds. The largest absolute Gasteiger partial charge is 0.390 e. The van der Waals surface area contributed by atoms with E-state index in [0.717, 1.165) is 5.69 Å². The zero-order valence-electron chi connectivity index (χ0n) is 10.0. The molecule has 1 N–H and O–H groups in total. The Morgan fingerprint density at radius 2 is 2.12 bits per heavy atom. The van der Waals surface area contributed by atoms with E-state index in [4.69, 9.17) is 14.6 Å². The number of aliphatic hydroxyl groups is 1. The standard InChI is InChI=1S/C10H19N3O3/c1-8(6-15-2)4-13-10(7-16-3)9(5-14)11-12-13/h8,14H,4-7H2,1-3H3. The van der Waals surface area contributed by atoms with Crippen molar-refractivity contribution in [3.05, 3.63) is 11.4 Å². The Balaban J connectivity index is 2.74. The normalized spacial score (nSPS) is 13.0. The summed E-state index contributed by atoms with van der Waals surface area (Å²) < 4.78 is 11.9. The molecule has 1 heterocycles. The summed E-state index contributed by atoms with van der Waals surface area (Å²) in [6, 6.07) is 0.